The average molecular weight is 395 g/mol. The van der Waals surface area contributed by atoms with E-state index in [4.69, 9.17) is 9.47 Å². The van der Waals surface area contributed by atoms with E-state index in [1.54, 1.807) is 35.9 Å². The van der Waals surface area contributed by atoms with E-state index < -0.39 is 6.04 Å². The summed E-state index contributed by atoms with van der Waals surface area (Å²) in [5.74, 6) is 1.33. The number of carbonyl (C=O) groups is 2. The molecule has 2 rings (SSSR count). The maximum atomic E-state index is 13.0. The molecule has 1 saturated heterocycles. The highest BCUT2D eigenvalue weighted by molar-refractivity contribution is 8.00. The summed E-state index contributed by atoms with van der Waals surface area (Å²) >= 11 is 1.64. The summed E-state index contributed by atoms with van der Waals surface area (Å²) in [5.41, 5.74) is 0.637. The van der Waals surface area contributed by atoms with E-state index in [2.05, 4.69) is 19.2 Å². The first-order chi connectivity index (χ1) is 13.0. The molecule has 2 amide bonds. The van der Waals surface area contributed by atoms with Crippen LogP contribution in [0.3, 0.4) is 0 Å². The molecular formula is C20H30N2O4S. The summed E-state index contributed by atoms with van der Waals surface area (Å²) in [4.78, 5) is 27.2. The Bertz CT molecular complexity index is 638. The van der Waals surface area contributed by atoms with Gasteiger partial charge in [0.05, 0.1) is 19.1 Å². The van der Waals surface area contributed by atoms with Crippen molar-refractivity contribution in [3.05, 3.63) is 24.3 Å². The van der Waals surface area contributed by atoms with Gasteiger partial charge in [0.1, 0.15) is 11.8 Å². The van der Waals surface area contributed by atoms with Gasteiger partial charge in [-0.25, -0.2) is 9.59 Å². The number of benzene rings is 1. The van der Waals surface area contributed by atoms with Gasteiger partial charge in [-0.05, 0) is 30.9 Å². The van der Waals surface area contributed by atoms with Crippen molar-refractivity contribution in [1.82, 2.24) is 4.90 Å². The molecule has 1 aliphatic heterocycles. The number of hydrogen-bond donors (Lipinski definition) is 1. The lowest BCUT2D eigenvalue weighted by molar-refractivity contribution is -0.148. The number of methoxy groups -OCH3 is 1. The Morgan fingerprint density at radius 1 is 1.37 bits per heavy atom. The van der Waals surface area contributed by atoms with E-state index in [1.165, 1.54) is 0 Å². The van der Waals surface area contributed by atoms with Crippen LogP contribution < -0.4 is 10.1 Å². The zero-order chi connectivity index (χ0) is 19.8. The van der Waals surface area contributed by atoms with E-state index in [0.717, 1.165) is 19.3 Å². The third kappa shape index (κ3) is 6.06. The Hall–Kier alpha value is -1.89. The van der Waals surface area contributed by atoms with E-state index in [9.17, 15) is 9.59 Å². The lowest BCUT2D eigenvalue weighted by atomic mass is 10.1. The third-order valence-electron chi connectivity index (χ3n) is 4.34. The molecule has 1 fully saturated rings. The standard InChI is InChI=1S/C20H30N2O4S/c1-5-6-10-26-19(23)17-13-27-18(11-14(2)3)22(17)20(24)21-15-8-7-9-16(12-15)25-4/h7-9,12,14,17-18H,5-6,10-11,13H2,1-4H3,(H,21,24)/t17-,18-/m1/s1. The van der Waals surface area contributed by atoms with Crippen molar-refractivity contribution >= 4 is 29.4 Å². The number of nitrogens with zero attached hydrogens (tertiary/aromatic N) is 1. The number of carbonyl (C=O) groups excluding carboxylic acids is 2. The molecule has 1 aromatic rings. The minimum Gasteiger partial charge on any atom is -0.497 e. The van der Waals surface area contributed by atoms with Gasteiger partial charge >= 0.3 is 12.0 Å². The smallest absolute Gasteiger partial charge is 0.329 e. The van der Waals surface area contributed by atoms with Gasteiger partial charge < -0.3 is 14.8 Å². The molecule has 7 heteroatoms. The molecule has 0 saturated carbocycles. The lowest BCUT2D eigenvalue weighted by Crippen LogP contribution is -2.48. The van der Waals surface area contributed by atoms with Crippen LogP contribution in [-0.2, 0) is 9.53 Å². The van der Waals surface area contributed by atoms with Gasteiger partial charge in [0.15, 0.2) is 0 Å². The van der Waals surface area contributed by atoms with Crippen LogP contribution in [-0.4, -0.2) is 47.8 Å². The van der Waals surface area contributed by atoms with Crippen molar-refractivity contribution in [2.75, 3.05) is 24.8 Å². The maximum Gasteiger partial charge on any atom is 0.329 e. The molecule has 0 aromatic heterocycles. The van der Waals surface area contributed by atoms with Crippen LogP contribution in [0.5, 0.6) is 5.75 Å². The van der Waals surface area contributed by atoms with Crippen molar-refractivity contribution in [2.24, 2.45) is 5.92 Å². The van der Waals surface area contributed by atoms with Crippen LogP contribution in [0.15, 0.2) is 24.3 Å². The number of esters is 1. The van der Waals surface area contributed by atoms with Gasteiger partial charge in [-0.2, -0.15) is 0 Å². The van der Waals surface area contributed by atoms with Gasteiger partial charge in [-0.15, -0.1) is 11.8 Å². The van der Waals surface area contributed by atoms with Crippen LogP contribution in [0.1, 0.15) is 40.0 Å². The zero-order valence-electron chi connectivity index (χ0n) is 16.6. The summed E-state index contributed by atoms with van der Waals surface area (Å²) in [6, 6.07) is 6.35. The Labute approximate surface area is 166 Å². The Kier molecular flexibility index (Phi) is 8.28. The van der Waals surface area contributed by atoms with Gasteiger partial charge in [-0.3, -0.25) is 4.90 Å². The molecule has 0 bridgehead atoms. The van der Waals surface area contributed by atoms with Crippen LogP contribution in [0, 0.1) is 5.92 Å². The van der Waals surface area contributed by atoms with Crippen LogP contribution in [0.25, 0.3) is 0 Å². The molecule has 27 heavy (non-hydrogen) atoms. The highest BCUT2D eigenvalue weighted by Crippen LogP contribution is 2.34. The molecule has 0 radical (unpaired) electrons. The predicted octanol–water partition coefficient (Wildman–Crippen LogP) is 4.36. The number of hydrogen-bond acceptors (Lipinski definition) is 5. The van der Waals surface area contributed by atoms with Gasteiger partial charge in [0, 0.05) is 17.5 Å². The Balaban J connectivity index is 2.13. The number of urea groups is 1. The van der Waals surface area contributed by atoms with E-state index in [0.29, 0.717) is 29.7 Å². The van der Waals surface area contributed by atoms with Crippen molar-refractivity contribution in [2.45, 2.75) is 51.4 Å². The number of nitrogens with one attached hydrogen (secondary N) is 1. The Morgan fingerprint density at radius 2 is 2.15 bits per heavy atom. The average Bonchev–Trinajstić information content (AvgIpc) is 3.05. The summed E-state index contributed by atoms with van der Waals surface area (Å²) in [5, 5.41) is 2.86. The first-order valence-electron chi connectivity index (χ1n) is 9.47. The molecule has 0 aliphatic carbocycles. The fourth-order valence-corrected chi connectivity index (χ4v) is 4.53. The van der Waals surface area contributed by atoms with Crippen LogP contribution in [0.4, 0.5) is 10.5 Å². The molecule has 0 spiro atoms. The number of rotatable bonds is 8. The Morgan fingerprint density at radius 3 is 2.81 bits per heavy atom. The second-order valence-electron chi connectivity index (χ2n) is 7.02. The molecule has 1 N–H and O–H groups in total. The number of thioether (sulfide) groups is 1. The number of anilines is 1. The van der Waals surface area contributed by atoms with E-state index >= 15 is 0 Å². The largest absolute Gasteiger partial charge is 0.497 e. The quantitative estimate of drug-likeness (QED) is 0.524. The second-order valence-corrected chi connectivity index (χ2v) is 8.23. The van der Waals surface area contributed by atoms with Crippen molar-refractivity contribution < 1.29 is 19.1 Å². The first kappa shape index (κ1) is 21.4. The maximum absolute atomic E-state index is 13.0. The molecule has 150 valence electrons. The van der Waals surface area contributed by atoms with Gasteiger partial charge in [0.2, 0.25) is 0 Å². The fraction of sp³-hybridized carbons (Fsp3) is 0.600. The SMILES string of the molecule is CCCCOC(=O)[C@H]1CS[C@H](CC(C)C)N1C(=O)Nc1cccc(OC)c1. The third-order valence-corrected chi connectivity index (χ3v) is 5.65. The minimum absolute atomic E-state index is 0.0423. The number of amides is 2. The topological polar surface area (TPSA) is 67.9 Å². The zero-order valence-corrected chi connectivity index (χ0v) is 17.4. The van der Waals surface area contributed by atoms with Crippen LogP contribution in [0.2, 0.25) is 0 Å². The summed E-state index contributed by atoms with van der Waals surface area (Å²) in [6.45, 7) is 6.68. The van der Waals surface area contributed by atoms with Crippen molar-refractivity contribution in [3.8, 4) is 5.75 Å². The summed E-state index contributed by atoms with van der Waals surface area (Å²) < 4.78 is 10.6. The molecule has 1 heterocycles. The molecule has 1 aromatic carbocycles. The highest BCUT2D eigenvalue weighted by atomic mass is 32.2. The summed E-state index contributed by atoms with van der Waals surface area (Å²) in [7, 11) is 1.58. The van der Waals surface area contributed by atoms with E-state index in [1.807, 2.05) is 19.1 Å². The first-order valence-corrected chi connectivity index (χ1v) is 10.5. The second kappa shape index (κ2) is 10.4. The molecule has 6 nitrogen and oxygen atoms in total. The fourth-order valence-electron chi connectivity index (χ4n) is 2.90. The normalized spacial score (nSPS) is 19.2. The predicted molar refractivity (Wildman–Crippen MR) is 109 cm³/mol. The molecule has 2 atom stereocenters. The van der Waals surface area contributed by atoms with Gasteiger partial charge in [0.25, 0.3) is 0 Å². The minimum atomic E-state index is -0.554. The lowest BCUT2D eigenvalue weighted by Gasteiger charge is -2.29. The highest BCUT2D eigenvalue weighted by Gasteiger charge is 2.42. The van der Waals surface area contributed by atoms with Crippen LogP contribution >= 0.6 is 11.8 Å². The number of ether oxygens (including phenoxy) is 2. The van der Waals surface area contributed by atoms with Crippen molar-refractivity contribution in [1.29, 1.82) is 0 Å². The summed E-state index contributed by atoms with van der Waals surface area (Å²) in [6.07, 6.45) is 2.62. The molecular weight excluding hydrogens is 364 g/mol. The monoisotopic (exact) mass is 394 g/mol. The van der Waals surface area contributed by atoms with Gasteiger partial charge in [-0.1, -0.05) is 33.3 Å². The van der Waals surface area contributed by atoms with E-state index in [-0.39, 0.29) is 17.4 Å². The van der Waals surface area contributed by atoms with Crippen molar-refractivity contribution in [3.63, 3.8) is 0 Å². The molecule has 1 aliphatic rings. The molecule has 0 unspecified atom stereocenters. The number of unbranched alkanes of at least 4 members (excludes halogenated alkanes) is 1.